The molecule has 0 fully saturated rings. The molecule has 0 aliphatic heterocycles. The van der Waals surface area contributed by atoms with Crippen LogP contribution in [-0.2, 0) is 9.53 Å². The Hall–Kier alpha value is -1.89. The Kier molecular flexibility index (Phi) is 4.46. The Morgan fingerprint density at radius 3 is 2.75 bits per heavy atom. The van der Waals surface area contributed by atoms with Crippen molar-refractivity contribution in [3.05, 3.63) is 35.4 Å². The van der Waals surface area contributed by atoms with E-state index in [9.17, 15) is 13.6 Å². The van der Waals surface area contributed by atoms with Gasteiger partial charge in [-0.15, -0.1) is 0 Å². The monoisotopic (exact) mass is 224 g/mol. The predicted octanol–water partition coefficient (Wildman–Crippen LogP) is 2.54. The first-order chi connectivity index (χ1) is 7.65. The van der Waals surface area contributed by atoms with Crippen LogP contribution in [-0.4, -0.2) is 12.6 Å². The number of ether oxygens (including phenoxy) is 1. The summed E-state index contributed by atoms with van der Waals surface area (Å²) >= 11 is 0. The zero-order valence-corrected chi connectivity index (χ0v) is 8.67. The van der Waals surface area contributed by atoms with Crippen molar-refractivity contribution in [2.24, 2.45) is 0 Å². The van der Waals surface area contributed by atoms with Crippen LogP contribution in [0.25, 0.3) is 0 Å². The fourth-order valence-corrected chi connectivity index (χ4v) is 1.09. The molecule has 0 unspecified atom stereocenters. The van der Waals surface area contributed by atoms with Crippen LogP contribution < -0.4 is 0 Å². The van der Waals surface area contributed by atoms with Crippen LogP contribution in [0.2, 0.25) is 0 Å². The quantitative estimate of drug-likeness (QED) is 0.570. The smallest absolute Gasteiger partial charge is 0.384 e. The molecular formula is C12H10F2O2. The van der Waals surface area contributed by atoms with Gasteiger partial charge in [0.1, 0.15) is 0 Å². The molecular weight excluding hydrogens is 214 g/mol. The topological polar surface area (TPSA) is 26.3 Å². The van der Waals surface area contributed by atoms with Gasteiger partial charge in [-0.3, -0.25) is 0 Å². The van der Waals surface area contributed by atoms with Gasteiger partial charge in [0.05, 0.1) is 6.61 Å². The molecule has 0 saturated carbocycles. The van der Waals surface area contributed by atoms with E-state index in [-0.39, 0.29) is 17.7 Å². The van der Waals surface area contributed by atoms with Gasteiger partial charge >= 0.3 is 5.97 Å². The maximum Gasteiger partial charge on any atom is 0.384 e. The number of halogens is 2. The number of hydrogen-bond acceptors (Lipinski definition) is 2. The van der Waals surface area contributed by atoms with E-state index in [4.69, 9.17) is 0 Å². The van der Waals surface area contributed by atoms with E-state index in [1.807, 2.05) is 0 Å². The third kappa shape index (κ3) is 3.35. The molecule has 0 aromatic heterocycles. The van der Waals surface area contributed by atoms with Crippen molar-refractivity contribution in [3.8, 4) is 11.8 Å². The van der Waals surface area contributed by atoms with Gasteiger partial charge < -0.3 is 4.74 Å². The average Bonchev–Trinajstić information content (AvgIpc) is 2.27. The second-order valence-corrected chi connectivity index (χ2v) is 2.86. The molecule has 0 amide bonds. The lowest BCUT2D eigenvalue weighted by Crippen LogP contribution is -2.00. The minimum Gasteiger partial charge on any atom is -0.456 e. The maximum atomic E-state index is 12.5. The molecule has 0 aliphatic carbocycles. The van der Waals surface area contributed by atoms with Gasteiger partial charge in [0, 0.05) is 17.0 Å². The summed E-state index contributed by atoms with van der Waals surface area (Å²) in [6.07, 6.45) is -2.60. The lowest BCUT2D eigenvalue weighted by atomic mass is 10.1. The Balaban J connectivity index is 2.92. The van der Waals surface area contributed by atoms with Gasteiger partial charge in [-0.2, -0.15) is 0 Å². The molecule has 1 aromatic rings. The van der Waals surface area contributed by atoms with E-state index < -0.39 is 12.4 Å². The van der Waals surface area contributed by atoms with Crippen LogP contribution in [0.4, 0.5) is 8.78 Å². The molecule has 2 nitrogen and oxygen atoms in total. The van der Waals surface area contributed by atoms with Crippen LogP contribution in [0.3, 0.4) is 0 Å². The Morgan fingerprint density at radius 2 is 2.12 bits per heavy atom. The first-order valence-corrected chi connectivity index (χ1v) is 4.71. The summed E-state index contributed by atoms with van der Waals surface area (Å²) < 4.78 is 29.6. The van der Waals surface area contributed by atoms with Gasteiger partial charge in [-0.05, 0) is 13.0 Å². The number of alkyl halides is 2. The summed E-state index contributed by atoms with van der Waals surface area (Å²) in [6, 6.07) is 5.80. The first-order valence-electron chi connectivity index (χ1n) is 4.71. The van der Waals surface area contributed by atoms with E-state index in [1.165, 1.54) is 18.2 Å². The van der Waals surface area contributed by atoms with Gasteiger partial charge in [0.2, 0.25) is 0 Å². The van der Waals surface area contributed by atoms with E-state index >= 15 is 0 Å². The van der Waals surface area contributed by atoms with Gasteiger partial charge in [-0.25, -0.2) is 13.6 Å². The molecule has 0 radical (unpaired) electrons. The second-order valence-electron chi connectivity index (χ2n) is 2.86. The van der Waals surface area contributed by atoms with Gasteiger partial charge in [0.25, 0.3) is 6.43 Å². The van der Waals surface area contributed by atoms with E-state index in [1.54, 1.807) is 13.0 Å². The highest BCUT2D eigenvalue weighted by atomic mass is 19.3. The third-order valence-electron chi connectivity index (χ3n) is 1.77. The summed E-state index contributed by atoms with van der Waals surface area (Å²) in [7, 11) is 0. The van der Waals surface area contributed by atoms with Crippen LogP contribution in [0.5, 0.6) is 0 Å². The lowest BCUT2D eigenvalue weighted by molar-refractivity contribution is -0.136. The second kappa shape index (κ2) is 5.86. The van der Waals surface area contributed by atoms with Crippen molar-refractivity contribution in [1.82, 2.24) is 0 Å². The van der Waals surface area contributed by atoms with Crippen molar-refractivity contribution >= 4 is 5.97 Å². The third-order valence-corrected chi connectivity index (χ3v) is 1.77. The number of rotatable bonds is 2. The predicted molar refractivity (Wildman–Crippen MR) is 54.9 cm³/mol. The molecule has 1 rings (SSSR count). The molecule has 0 N–H and O–H groups in total. The van der Waals surface area contributed by atoms with Crippen molar-refractivity contribution in [1.29, 1.82) is 0 Å². The van der Waals surface area contributed by atoms with E-state index in [2.05, 4.69) is 16.6 Å². The highest BCUT2D eigenvalue weighted by molar-refractivity contribution is 5.89. The molecule has 0 spiro atoms. The molecule has 0 heterocycles. The fraction of sp³-hybridized carbons (Fsp3) is 0.250. The summed E-state index contributed by atoms with van der Waals surface area (Å²) in [4.78, 5) is 10.9. The van der Waals surface area contributed by atoms with Crippen LogP contribution in [0, 0.1) is 11.8 Å². The van der Waals surface area contributed by atoms with Crippen molar-refractivity contribution in [2.75, 3.05) is 6.61 Å². The van der Waals surface area contributed by atoms with Gasteiger partial charge in [0.15, 0.2) is 0 Å². The maximum absolute atomic E-state index is 12.5. The lowest BCUT2D eigenvalue weighted by Gasteiger charge is -2.01. The highest BCUT2D eigenvalue weighted by Crippen LogP contribution is 2.21. The van der Waals surface area contributed by atoms with E-state index in [0.717, 1.165) is 0 Å². The standard InChI is InChI=1S/C12H10F2O2/c1-2-16-11(15)8-7-9-5-3-4-6-10(9)12(13)14/h3-6,12H,2H2,1H3. The largest absolute Gasteiger partial charge is 0.456 e. The normalized spacial score (nSPS) is 9.50. The van der Waals surface area contributed by atoms with Crippen molar-refractivity contribution in [2.45, 2.75) is 13.3 Å². The SMILES string of the molecule is CCOC(=O)C#Cc1ccccc1C(F)F. The number of esters is 1. The zero-order chi connectivity index (χ0) is 12.0. The van der Waals surface area contributed by atoms with Crippen LogP contribution in [0.1, 0.15) is 24.5 Å². The minimum absolute atomic E-state index is 0.144. The molecule has 16 heavy (non-hydrogen) atoms. The summed E-state index contributed by atoms with van der Waals surface area (Å²) in [5.41, 5.74) is -0.0372. The Labute approximate surface area is 92.2 Å². The molecule has 4 heteroatoms. The number of carbonyl (C=O) groups is 1. The Morgan fingerprint density at radius 1 is 1.44 bits per heavy atom. The van der Waals surface area contributed by atoms with Crippen LogP contribution in [0.15, 0.2) is 24.3 Å². The van der Waals surface area contributed by atoms with Gasteiger partial charge in [-0.1, -0.05) is 24.1 Å². The Bertz CT molecular complexity index is 430. The van der Waals surface area contributed by atoms with E-state index in [0.29, 0.717) is 0 Å². The average molecular weight is 224 g/mol. The van der Waals surface area contributed by atoms with Crippen LogP contribution >= 0.6 is 0 Å². The summed E-state index contributed by atoms with van der Waals surface area (Å²) in [5.74, 6) is 3.81. The fourth-order valence-electron chi connectivity index (χ4n) is 1.09. The molecule has 0 saturated heterocycles. The number of hydrogen-bond donors (Lipinski definition) is 0. The number of benzene rings is 1. The van der Waals surface area contributed by atoms with Crippen molar-refractivity contribution < 1.29 is 18.3 Å². The van der Waals surface area contributed by atoms with Crippen molar-refractivity contribution in [3.63, 3.8) is 0 Å². The molecule has 1 aromatic carbocycles. The minimum atomic E-state index is -2.60. The zero-order valence-electron chi connectivity index (χ0n) is 8.67. The number of carbonyl (C=O) groups excluding carboxylic acids is 1. The highest BCUT2D eigenvalue weighted by Gasteiger charge is 2.10. The molecule has 0 bridgehead atoms. The summed E-state index contributed by atoms with van der Waals surface area (Å²) in [6.45, 7) is 1.86. The first kappa shape index (κ1) is 12.2. The summed E-state index contributed by atoms with van der Waals surface area (Å²) in [5, 5.41) is 0. The molecule has 84 valence electrons. The molecule has 0 atom stereocenters. The molecule has 0 aliphatic rings.